The van der Waals surface area contributed by atoms with Crippen LogP contribution in [0.4, 0.5) is 13.2 Å². The number of benzene rings is 2. The van der Waals surface area contributed by atoms with E-state index in [9.17, 15) is 18.0 Å². The van der Waals surface area contributed by atoms with Crippen molar-refractivity contribution in [3.63, 3.8) is 0 Å². The minimum Gasteiger partial charge on any atom is -0.380 e. The molecular formula is C19H15Cl2F3N2O3. The Labute approximate surface area is 174 Å². The zero-order valence-electron chi connectivity index (χ0n) is 15.0. The van der Waals surface area contributed by atoms with Crippen LogP contribution in [0.3, 0.4) is 0 Å². The number of primary amides is 1. The summed E-state index contributed by atoms with van der Waals surface area (Å²) in [5.41, 5.74) is 3.37. The summed E-state index contributed by atoms with van der Waals surface area (Å²) in [6.07, 6.45) is -5.40. The first kappa shape index (κ1) is 21.4. The number of hydrogen-bond acceptors (Lipinski definition) is 4. The molecule has 2 aromatic carbocycles. The van der Waals surface area contributed by atoms with Gasteiger partial charge in [-0.05, 0) is 41.5 Å². The van der Waals surface area contributed by atoms with E-state index in [0.29, 0.717) is 11.1 Å². The van der Waals surface area contributed by atoms with Crippen LogP contribution in [0, 0.1) is 0 Å². The van der Waals surface area contributed by atoms with E-state index in [1.165, 1.54) is 31.4 Å². The Morgan fingerprint density at radius 3 is 2.45 bits per heavy atom. The number of alkyl halides is 3. The van der Waals surface area contributed by atoms with Crippen LogP contribution in [0.15, 0.2) is 41.6 Å². The molecule has 1 unspecified atom stereocenters. The second-order valence-corrected chi connectivity index (χ2v) is 7.33. The van der Waals surface area contributed by atoms with Gasteiger partial charge < -0.3 is 15.3 Å². The molecule has 2 aromatic rings. The zero-order chi connectivity index (χ0) is 21.4. The molecular weight excluding hydrogens is 432 g/mol. The van der Waals surface area contributed by atoms with Crippen LogP contribution in [0.25, 0.3) is 0 Å². The summed E-state index contributed by atoms with van der Waals surface area (Å²) < 4.78 is 47.2. The first-order valence-corrected chi connectivity index (χ1v) is 9.03. The first-order chi connectivity index (χ1) is 13.6. The van der Waals surface area contributed by atoms with Gasteiger partial charge in [0.1, 0.15) is 0 Å². The van der Waals surface area contributed by atoms with Crippen LogP contribution in [0.1, 0.15) is 33.5 Å². The highest BCUT2D eigenvalue weighted by molar-refractivity contribution is 6.34. The Bertz CT molecular complexity index is 975. The molecule has 0 saturated carbocycles. The summed E-state index contributed by atoms with van der Waals surface area (Å²) >= 11 is 11.8. The summed E-state index contributed by atoms with van der Waals surface area (Å²) in [5.74, 6) is -0.675. The molecule has 1 amide bonds. The van der Waals surface area contributed by atoms with Crippen molar-refractivity contribution in [3.05, 3.63) is 68.7 Å². The SMILES string of the molecule is COCc1cc(C2=NOC(c3cc(Cl)cc(Cl)c3)(C(F)(F)F)C2)ccc1C(N)=O. The van der Waals surface area contributed by atoms with Crippen LogP contribution >= 0.6 is 23.2 Å². The fourth-order valence-corrected chi connectivity index (χ4v) is 3.66. The normalized spacial score (nSPS) is 19.0. The average molecular weight is 447 g/mol. The number of carbonyl (C=O) groups is 1. The average Bonchev–Trinajstić information content (AvgIpc) is 3.07. The Morgan fingerprint density at radius 1 is 1.24 bits per heavy atom. The predicted octanol–water partition coefficient (Wildman–Crippen LogP) is 4.82. The summed E-state index contributed by atoms with van der Waals surface area (Å²) in [5, 5.41) is 3.78. The van der Waals surface area contributed by atoms with E-state index in [2.05, 4.69) is 5.16 Å². The van der Waals surface area contributed by atoms with E-state index in [1.807, 2.05) is 0 Å². The number of methoxy groups -OCH3 is 1. The fraction of sp³-hybridized carbons (Fsp3) is 0.263. The number of rotatable bonds is 5. The summed E-state index contributed by atoms with van der Waals surface area (Å²) in [6, 6.07) is 7.99. The quantitative estimate of drug-likeness (QED) is 0.715. The molecule has 0 aromatic heterocycles. The van der Waals surface area contributed by atoms with Crippen LogP contribution in [-0.2, 0) is 21.8 Å². The van der Waals surface area contributed by atoms with Gasteiger partial charge in [0.25, 0.3) is 5.60 Å². The van der Waals surface area contributed by atoms with Crippen molar-refractivity contribution in [1.82, 2.24) is 0 Å². The molecule has 0 aliphatic carbocycles. The zero-order valence-corrected chi connectivity index (χ0v) is 16.5. The largest absolute Gasteiger partial charge is 0.435 e. The molecule has 0 fully saturated rings. The molecule has 1 aliphatic rings. The van der Waals surface area contributed by atoms with Crippen LogP contribution in [-0.4, -0.2) is 24.9 Å². The molecule has 154 valence electrons. The number of oxime groups is 1. The van der Waals surface area contributed by atoms with Crippen molar-refractivity contribution in [1.29, 1.82) is 0 Å². The number of halogens is 5. The third kappa shape index (κ3) is 4.05. The maximum atomic E-state index is 14.1. The van der Waals surface area contributed by atoms with Gasteiger partial charge >= 0.3 is 6.18 Å². The Kier molecular flexibility index (Phi) is 5.80. The number of nitrogens with zero attached hydrogens (tertiary/aromatic N) is 1. The van der Waals surface area contributed by atoms with Gasteiger partial charge in [-0.25, -0.2) is 0 Å². The molecule has 0 bridgehead atoms. The van der Waals surface area contributed by atoms with Gasteiger partial charge in [-0.2, -0.15) is 13.2 Å². The van der Waals surface area contributed by atoms with Crippen molar-refractivity contribution in [3.8, 4) is 0 Å². The number of hydrogen-bond donors (Lipinski definition) is 1. The van der Waals surface area contributed by atoms with Gasteiger partial charge in [-0.3, -0.25) is 4.79 Å². The molecule has 1 heterocycles. The highest BCUT2D eigenvalue weighted by Gasteiger charge is 2.62. The van der Waals surface area contributed by atoms with Crippen molar-refractivity contribution in [2.45, 2.75) is 24.8 Å². The topological polar surface area (TPSA) is 73.9 Å². The minimum atomic E-state index is -4.80. The molecule has 0 spiro atoms. The third-order valence-corrected chi connectivity index (χ3v) is 4.96. The standard InChI is InChI=1S/C19H15Cl2F3N2O3/c1-28-9-11-4-10(2-3-15(11)17(25)27)16-8-18(29-26-16,19(22,23)24)12-5-13(20)7-14(21)6-12/h2-7H,8-9H2,1H3,(H2,25,27). The molecule has 0 radical (unpaired) electrons. The van der Waals surface area contributed by atoms with Crippen molar-refractivity contribution in [2.24, 2.45) is 10.9 Å². The lowest BCUT2D eigenvalue weighted by atomic mass is 9.86. The van der Waals surface area contributed by atoms with Gasteiger partial charge in [0.2, 0.25) is 5.91 Å². The Balaban J connectivity index is 2.03. The van der Waals surface area contributed by atoms with Crippen LogP contribution in [0.5, 0.6) is 0 Å². The van der Waals surface area contributed by atoms with E-state index in [0.717, 1.165) is 12.1 Å². The third-order valence-electron chi connectivity index (χ3n) is 4.52. The van der Waals surface area contributed by atoms with Gasteiger partial charge in [-0.1, -0.05) is 34.4 Å². The number of ether oxygens (including phenoxy) is 1. The smallest absolute Gasteiger partial charge is 0.380 e. The lowest BCUT2D eigenvalue weighted by molar-refractivity contribution is -0.275. The Morgan fingerprint density at radius 2 is 1.90 bits per heavy atom. The van der Waals surface area contributed by atoms with Crippen LogP contribution < -0.4 is 5.73 Å². The molecule has 2 N–H and O–H groups in total. The molecule has 0 saturated heterocycles. The maximum Gasteiger partial charge on any atom is 0.435 e. The maximum absolute atomic E-state index is 14.1. The van der Waals surface area contributed by atoms with Gasteiger partial charge in [0.15, 0.2) is 0 Å². The summed E-state index contributed by atoms with van der Waals surface area (Å²) in [7, 11) is 1.42. The van der Waals surface area contributed by atoms with E-state index in [4.69, 9.17) is 38.5 Å². The molecule has 5 nitrogen and oxygen atoms in total. The van der Waals surface area contributed by atoms with E-state index in [-0.39, 0.29) is 33.5 Å². The van der Waals surface area contributed by atoms with Crippen molar-refractivity contribution in [2.75, 3.05) is 7.11 Å². The number of amides is 1. The fourth-order valence-electron chi connectivity index (χ4n) is 3.13. The van der Waals surface area contributed by atoms with E-state index < -0.39 is 24.1 Å². The van der Waals surface area contributed by atoms with E-state index in [1.54, 1.807) is 0 Å². The molecule has 1 aliphatic heterocycles. The number of nitrogens with two attached hydrogens (primary N) is 1. The van der Waals surface area contributed by atoms with Gasteiger partial charge in [0, 0.05) is 34.7 Å². The highest BCUT2D eigenvalue weighted by Crippen LogP contribution is 2.49. The van der Waals surface area contributed by atoms with Crippen molar-refractivity contribution < 1.29 is 27.5 Å². The predicted molar refractivity (Wildman–Crippen MR) is 102 cm³/mol. The Hall–Kier alpha value is -2.29. The lowest BCUT2D eigenvalue weighted by Gasteiger charge is -2.29. The van der Waals surface area contributed by atoms with E-state index >= 15 is 0 Å². The van der Waals surface area contributed by atoms with Gasteiger partial charge in [0.05, 0.1) is 12.3 Å². The minimum absolute atomic E-state index is 0.0429. The van der Waals surface area contributed by atoms with Gasteiger partial charge in [-0.15, -0.1) is 0 Å². The number of carbonyl (C=O) groups excluding carboxylic acids is 1. The second kappa shape index (κ2) is 7.85. The molecule has 3 rings (SSSR count). The highest BCUT2D eigenvalue weighted by atomic mass is 35.5. The summed E-state index contributed by atoms with van der Waals surface area (Å²) in [6.45, 7) is 0.0502. The lowest BCUT2D eigenvalue weighted by Crippen LogP contribution is -2.42. The summed E-state index contributed by atoms with van der Waals surface area (Å²) in [4.78, 5) is 16.5. The van der Waals surface area contributed by atoms with Crippen LogP contribution in [0.2, 0.25) is 10.0 Å². The first-order valence-electron chi connectivity index (χ1n) is 8.28. The van der Waals surface area contributed by atoms with Crippen molar-refractivity contribution >= 4 is 34.8 Å². The second-order valence-electron chi connectivity index (χ2n) is 6.46. The molecule has 29 heavy (non-hydrogen) atoms. The molecule has 1 atom stereocenters. The molecule has 10 heteroatoms. The monoisotopic (exact) mass is 446 g/mol.